The van der Waals surface area contributed by atoms with Crippen LogP contribution < -0.4 is 4.74 Å². The Labute approximate surface area is 164 Å². The number of ether oxygens (including phenoxy) is 1. The molecule has 27 heavy (non-hydrogen) atoms. The van der Waals surface area contributed by atoms with Crippen molar-refractivity contribution < 1.29 is 9.53 Å². The lowest BCUT2D eigenvalue weighted by molar-refractivity contribution is -0.128. The number of hydrogen-bond donors (Lipinski definition) is 0. The molecule has 0 bridgehead atoms. The number of para-hydroxylation sites is 1. The van der Waals surface area contributed by atoms with Gasteiger partial charge in [0.25, 0.3) is 0 Å². The van der Waals surface area contributed by atoms with Crippen LogP contribution in [0.3, 0.4) is 0 Å². The second kappa shape index (κ2) is 12.1. The summed E-state index contributed by atoms with van der Waals surface area (Å²) in [6.45, 7) is 5.72. The fourth-order valence-corrected chi connectivity index (χ4v) is 3.26. The van der Waals surface area contributed by atoms with Gasteiger partial charge in [0.05, 0.1) is 0 Å². The summed E-state index contributed by atoms with van der Waals surface area (Å²) in [5, 5.41) is 0. The van der Waals surface area contributed by atoms with Gasteiger partial charge in [0.1, 0.15) is 5.75 Å². The maximum absolute atomic E-state index is 11.5. The maximum atomic E-state index is 11.5. The Hall–Kier alpha value is -2.35. The zero-order chi connectivity index (χ0) is 19.3. The summed E-state index contributed by atoms with van der Waals surface area (Å²) < 4.78 is 5.35. The molecule has 0 atom stereocenters. The molecule has 0 saturated carbocycles. The highest BCUT2D eigenvalue weighted by Crippen LogP contribution is 2.30. The highest BCUT2D eigenvalue weighted by molar-refractivity contribution is 5.85. The highest BCUT2D eigenvalue weighted by atomic mass is 16.5. The van der Waals surface area contributed by atoms with Crippen molar-refractivity contribution in [1.29, 1.82) is 0 Å². The monoisotopic (exact) mass is 364 g/mol. The number of aryl methyl sites for hydroxylation is 1. The second-order valence-corrected chi connectivity index (χ2v) is 7.04. The SMILES string of the molecule is C=CC(=O)Oc1ccccc1-c1ccc(CCCCCCCCCC)cc1. The second-order valence-electron chi connectivity index (χ2n) is 7.04. The lowest BCUT2D eigenvalue weighted by Crippen LogP contribution is -2.04. The molecule has 2 nitrogen and oxygen atoms in total. The van der Waals surface area contributed by atoms with Crippen molar-refractivity contribution >= 4 is 5.97 Å². The number of rotatable bonds is 12. The van der Waals surface area contributed by atoms with Crippen molar-refractivity contribution in [2.75, 3.05) is 0 Å². The Balaban J connectivity index is 1.83. The Morgan fingerprint density at radius 1 is 0.889 bits per heavy atom. The van der Waals surface area contributed by atoms with Gasteiger partial charge < -0.3 is 4.74 Å². The van der Waals surface area contributed by atoms with Crippen molar-refractivity contribution in [2.45, 2.75) is 64.7 Å². The molecule has 0 radical (unpaired) electrons. The van der Waals surface area contributed by atoms with E-state index in [1.165, 1.54) is 63.0 Å². The first-order valence-corrected chi connectivity index (χ1v) is 10.3. The minimum absolute atomic E-state index is 0.436. The van der Waals surface area contributed by atoms with E-state index < -0.39 is 5.97 Å². The van der Waals surface area contributed by atoms with E-state index in [-0.39, 0.29) is 0 Å². The highest BCUT2D eigenvalue weighted by Gasteiger charge is 2.08. The molecule has 2 heteroatoms. The summed E-state index contributed by atoms with van der Waals surface area (Å²) in [6.07, 6.45) is 13.1. The van der Waals surface area contributed by atoms with Gasteiger partial charge in [-0.05, 0) is 30.0 Å². The fourth-order valence-electron chi connectivity index (χ4n) is 3.26. The standard InChI is InChI=1S/C25H32O2/c1-3-5-6-7-8-9-10-11-14-21-17-19-22(20-18-21)23-15-12-13-16-24(23)27-25(26)4-2/h4,12-13,15-20H,2-3,5-11,14H2,1H3. The summed E-state index contributed by atoms with van der Waals surface area (Å²) in [5.74, 6) is 0.131. The molecule has 0 N–H and O–H groups in total. The molecule has 0 heterocycles. The minimum Gasteiger partial charge on any atom is -0.423 e. The molecular weight excluding hydrogens is 332 g/mol. The molecule has 0 aliphatic heterocycles. The van der Waals surface area contributed by atoms with Gasteiger partial charge in [0.15, 0.2) is 0 Å². The topological polar surface area (TPSA) is 26.3 Å². The van der Waals surface area contributed by atoms with Crippen molar-refractivity contribution in [3.05, 3.63) is 66.7 Å². The Morgan fingerprint density at radius 3 is 2.19 bits per heavy atom. The van der Waals surface area contributed by atoms with Crippen LogP contribution in [-0.4, -0.2) is 5.97 Å². The third kappa shape index (κ3) is 7.42. The molecule has 2 aromatic rings. The van der Waals surface area contributed by atoms with E-state index in [9.17, 15) is 4.79 Å². The van der Waals surface area contributed by atoms with Crippen LogP contribution in [0.4, 0.5) is 0 Å². The van der Waals surface area contributed by atoms with Gasteiger partial charge in [-0.3, -0.25) is 0 Å². The van der Waals surface area contributed by atoms with Crippen LogP contribution in [0.1, 0.15) is 63.9 Å². The zero-order valence-electron chi connectivity index (χ0n) is 16.6. The smallest absolute Gasteiger partial charge is 0.335 e. The summed E-state index contributed by atoms with van der Waals surface area (Å²) in [4.78, 5) is 11.5. The van der Waals surface area contributed by atoms with Gasteiger partial charge in [-0.2, -0.15) is 0 Å². The van der Waals surface area contributed by atoms with Gasteiger partial charge in [-0.25, -0.2) is 4.79 Å². The first-order valence-electron chi connectivity index (χ1n) is 10.3. The van der Waals surface area contributed by atoms with Gasteiger partial charge in [0, 0.05) is 11.6 Å². The molecule has 0 aliphatic carbocycles. The van der Waals surface area contributed by atoms with Crippen LogP contribution in [0.2, 0.25) is 0 Å². The molecule has 0 spiro atoms. The van der Waals surface area contributed by atoms with Crippen molar-refractivity contribution in [3.63, 3.8) is 0 Å². The van der Waals surface area contributed by atoms with E-state index in [1.54, 1.807) is 0 Å². The Bertz CT molecular complexity index is 701. The molecule has 2 aromatic carbocycles. The normalized spacial score (nSPS) is 10.6. The molecule has 2 rings (SSSR count). The third-order valence-electron chi connectivity index (χ3n) is 4.85. The molecule has 0 fully saturated rings. The van der Waals surface area contributed by atoms with Crippen LogP contribution in [0.25, 0.3) is 11.1 Å². The number of esters is 1. The molecule has 0 aromatic heterocycles. The maximum Gasteiger partial charge on any atom is 0.335 e. The molecule has 0 saturated heterocycles. The predicted molar refractivity (Wildman–Crippen MR) is 114 cm³/mol. The number of carbonyl (C=O) groups is 1. The first-order chi connectivity index (χ1) is 13.2. The third-order valence-corrected chi connectivity index (χ3v) is 4.85. The summed E-state index contributed by atoms with van der Waals surface area (Å²) in [5.41, 5.74) is 3.35. The van der Waals surface area contributed by atoms with Crippen molar-refractivity contribution in [3.8, 4) is 16.9 Å². The summed E-state index contributed by atoms with van der Waals surface area (Å²) in [6, 6.07) is 16.2. The van der Waals surface area contributed by atoms with Crippen LogP contribution in [-0.2, 0) is 11.2 Å². The Morgan fingerprint density at radius 2 is 1.52 bits per heavy atom. The van der Waals surface area contributed by atoms with E-state index in [0.29, 0.717) is 5.75 Å². The predicted octanol–water partition coefficient (Wildman–Crippen LogP) is 7.13. The molecule has 144 valence electrons. The zero-order valence-corrected chi connectivity index (χ0v) is 16.6. The average molecular weight is 365 g/mol. The van der Waals surface area contributed by atoms with E-state index in [4.69, 9.17) is 4.74 Å². The van der Waals surface area contributed by atoms with Crippen LogP contribution >= 0.6 is 0 Å². The molecular formula is C25H32O2. The van der Waals surface area contributed by atoms with E-state index in [1.807, 2.05) is 24.3 Å². The van der Waals surface area contributed by atoms with Gasteiger partial charge in [-0.1, -0.05) is 101 Å². The number of carbonyl (C=O) groups excluding carboxylic acids is 1. The van der Waals surface area contributed by atoms with Crippen LogP contribution in [0.15, 0.2) is 61.2 Å². The van der Waals surface area contributed by atoms with Gasteiger partial charge >= 0.3 is 5.97 Å². The molecule has 0 amide bonds. The molecule has 0 unspecified atom stereocenters. The molecule has 0 aliphatic rings. The lowest BCUT2D eigenvalue weighted by atomic mass is 10.00. The first kappa shape index (κ1) is 21.0. The largest absolute Gasteiger partial charge is 0.423 e. The number of benzene rings is 2. The summed E-state index contributed by atoms with van der Waals surface area (Å²) >= 11 is 0. The van der Waals surface area contributed by atoms with Crippen molar-refractivity contribution in [1.82, 2.24) is 0 Å². The lowest BCUT2D eigenvalue weighted by Gasteiger charge is -2.10. The fraction of sp³-hybridized carbons (Fsp3) is 0.400. The number of hydrogen-bond acceptors (Lipinski definition) is 2. The minimum atomic E-state index is -0.436. The average Bonchev–Trinajstić information content (AvgIpc) is 2.71. The van der Waals surface area contributed by atoms with Crippen LogP contribution in [0, 0.1) is 0 Å². The van der Waals surface area contributed by atoms with Gasteiger partial charge in [0.2, 0.25) is 0 Å². The van der Waals surface area contributed by atoms with E-state index in [0.717, 1.165) is 17.5 Å². The van der Waals surface area contributed by atoms with Crippen LogP contribution in [0.5, 0.6) is 5.75 Å². The van der Waals surface area contributed by atoms with Crippen molar-refractivity contribution in [2.24, 2.45) is 0 Å². The van der Waals surface area contributed by atoms with Gasteiger partial charge in [-0.15, -0.1) is 0 Å². The number of unbranched alkanes of at least 4 members (excludes halogenated alkanes) is 7. The Kier molecular flexibility index (Phi) is 9.40. The quantitative estimate of drug-likeness (QED) is 0.173. The summed E-state index contributed by atoms with van der Waals surface area (Å²) in [7, 11) is 0. The van der Waals surface area contributed by atoms with E-state index in [2.05, 4.69) is 37.8 Å². The van der Waals surface area contributed by atoms with E-state index >= 15 is 0 Å².